The van der Waals surface area contributed by atoms with Crippen molar-refractivity contribution in [2.75, 3.05) is 26.2 Å². The Hall–Kier alpha value is -4.27. The Morgan fingerprint density at radius 2 is 1.59 bits per heavy atom. The number of anilines is 1. The zero-order valence-electron chi connectivity index (χ0n) is 19.4. The number of aromatic nitrogens is 1. The highest BCUT2D eigenvalue weighted by atomic mass is 16.5. The number of ketones is 1. The standard InChI is InChI=1S/C25H24N2O7/c1-13-6-8-15(9-7-13)22(28)20-21(16-11-17(31-3)24(33-5)18(12-16)32-4)27(25(30)23(20)29)19-10-14(2)34-26-19/h6-12,21,28H,1-5H3/b22-20+/t21-/m1/s1. The second-order valence-corrected chi connectivity index (χ2v) is 7.79. The molecule has 0 bridgehead atoms. The van der Waals surface area contributed by atoms with Gasteiger partial charge in [0.2, 0.25) is 5.75 Å². The van der Waals surface area contributed by atoms with Gasteiger partial charge in [-0.15, -0.1) is 0 Å². The van der Waals surface area contributed by atoms with E-state index < -0.39 is 17.7 Å². The van der Waals surface area contributed by atoms with Crippen LogP contribution in [-0.4, -0.2) is 43.3 Å². The van der Waals surface area contributed by atoms with Crippen LogP contribution in [0.3, 0.4) is 0 Å². The second-order valence-electron chi connectivity index (χ2n) is 7.79. The Morgan fingerprint density at radius 1 is 0.971 bits per heavy atom. The molecule has 9 heteroatoms. The monoisotopic (exact) mass is 464 g/mol. The van der Waals surface area contributed by atoms with Crippen LogP contribution in [0.5, 0.6) is 17.2 Å². The van der Waals surface area contributed by atoms with Gasteiger partial charge in [0.15, 0.2) is 17.3 Å². The number of carbonyl (C=O) groups excluding carboxylic acids is 2. The van der Waals surface area contributed by atoms with Gasteiger partial charge in [-0.25, -0.2) is 0 Å². The van der Waals surface area contributed by atoms with Crippen molar-refractivity contribution in [2.24, 2.45) is 0 Å². The molecule has 2 heterocycles. The predicted molar refractivity (Wildman–Crippen MR) is 123 cm³/mol. The number of amides is 1. The van der Waals surface area contributed by atoms with Gasteiger partial charge < -0.3 is 23.8 Å². The number of methoxy groups -OCH3 is 3. The van der Waals surface area contributed by atoms with E-state index in [2.05, 4.69) is 5.16 Å². The normalized spacial score (nSPS) is 17.2. The van der Waals surface area contributed by atoms with Crippen LogP contribution in [0.25, 0.3) is 5.76 Å². The van der Waals surface area contributed by atoms with Gasteiger partial charge in [0.1, 0.15) is 11.5 Å². The minimum absolute atomic E-state index is 0.0937. The number of ether oxygens (including phenoxy) is 3. The van der Waals surface area contributed by atoms with Gasteiger partial charge in [0.05, 0.1) is 32.9 Å². The van der Waals surface area contributed by atoms with E-state index in [1.807, 2.05) is 6.92 Å². The van der Waals surface area contributed by atoms with Crippen LogP contribution in [0.1, 0.15) is 28.5 Å². The van der Waals surface area contributed by atoms with Crippen LogP contribution in [0.15, 0.2) is 52.6 Å². The lowest BCUT2D eigenvalue weighted by molar-refractivity contribution is -0.132. The molecule has 1 aliphatic heterocycles. The van der Waals surface area contributed by atoms with Crippen LogP contribution in [0.2, 0.25) is 0 Å². The average molecular weight is 464 g/mol. The molecule has 1 aromatic heterocycles. The number of carbonyl (C=O) groups is 2. The minimum atomic E-state index is -1.03. The fourth-order valence-electron chi connectivity index (χ4n) is 3.98. The summed E-state index contributed by atoms with van der Waals surface area (Å²) in [4.78, 5) is 27.6. The summed E-state index contributed by atoms with van der Waals surface area (Å²) in [6.45, 7) is 3.58. The molecular weight excluding hydrogens is 440 g/mol. The third kappa shape index (κ3) is 3.75. The summed E-state index contributed by atoms with van der Waals surface area (Å²) in [5, 5.41) is 15.1. The van der Waals surface area contributed by atoms with Crippen molar-refractivity contribution in [3.8, 4) is 17.2 Å². The van der Waals surface area contributed by atoms with E-state index in [0.29, 0.717) is 34.1 Å². The molecule has 34 heavy (non-hydrogen) atoms. The molecule has 3 aromatic rings. The molecular formula is C25H24N2O7. The molecule has 0 radical (unpaired) electrons. The van der Waals surface area contributed by atoms with E-state index in [-0.39, 0.29) is 17.2 Å². The summed E-state index contributed by atoms with van der Waals surface area (Å²) < 4.78 is 21.5. The number of hydrogen-bond donors (Lipinski definition) is 1. The van der Waals surface area contributed by atoms with Crippen molar-refractivity contribution in [2.45, 2.75) is 19.9 Å². The SMILES string of the molecule is COc1cc([C@@H]2/C(=C(\O)c3ccc(C)cc3)C(=O)C(=O)N2c2cc(C)on2)cc(OC)c1OC. The van der Waals surface area contributed by atoms with Crippen molar-refractivity contribution in [3.05, 3.63) is 70.5 Å². The van der Waals surface area contributed by atoms with Gasteiger partial charge in [-0.05, 0) is 31.5 Å². The minimum Gasteiger partial charge on any atom is -0.507 e. The van der Waals surface area contributed by atoms with Crippen molar-refractivity contribution < 1.29 is 33.4 Å². The van der Waals surface area contributed by atoms with E-state index in [1.165, 1.54) is 26.2 Å². The second kappa shape index (κ2) is 8.93. The highest BCUT2D eigenvalue weighted by molar-refractivity contribution is 6.51. The maximum Gasteiger partial charge on any atom is 0.301 e. The lowest BCUT2D eigenvalue weighted by Crippen LogP contribution is -2.29. The number of aliphatic hydroxyl groups excluding tert-OH is 1. The van der Waals surface area contributed by atoms with Crippen molar-refractivity contribution in [1.82, 2.24) is 5.16 Å². The summed E-state index contributed by atoms with van der Waals surface area (Å²) in [7, 11) is 4.40. The lowest BCUT2D eigenvalue weighted by atomic mass is 9.94. The van der Waals surface area contributed by atoms with Crippen LogP contribution < -0.4 is 19.1 Å². The number of rotatable bonds is 6. The third-order valence-electron chi connectivity index (χ3n) is 5.63. The Bertz CT molecular complexity index is 1270. The third-order valence-corrected chi connectivity index (χ3v) is 5.63. The highest BCUT2D eigenvalue weighted by Crippen LogP contribution is 2.46. The van der Waals surface area contributed by atoms with E-state index in [9.17, 15) is 14.7 Å². The molecule has 0 spiro atoms. The number of aliphatic hydroxyl groups is 1. The number of hydrogen-bond acceptors (Lipinski definition) is 8. The number of aryl methyl sites for hydroxylation is 2. The molecule has 4 rings (SSSR count). The lowest BCUT2D eigenvalue weighted by Gasteiger charge is -2.24. The molecule has 0 aliphatic carbocycles. The molecule has 0 saturated carbocycles. The van der Waals surface area contributed by atoms with Crippen molar-refractivity contribution in [1.29, 1.82) is 0 Å². The van der Waals surface area contributed by atoms with Crippen LogP contribution >= 0.6 is 0 Å². The maximum atomic E-state index is 13.2. The fourth-order valence-corrected chi connectivity index (χ4v) is 3.98. The van der Waals surface area contributed by atoms with E-state index >= 15 is 0 Å². The van der Waals surface area contributed by atoms with Gasteiger partial charge in [-0.2, -0.15) is 0 Å². The number of nitrogens with zero attached hydrogens (tertiary/aromatic N) is 2. The first kappa shape index (κ1) is 22.9. The molecule has 1 N–H and O–H groups in total. The van der Waals surface area contributed by atoms with Gasteiger partial charge in [-0.3, -0.25) is 14.5 Å². The van der Waals surface area contributed by atoms with Crippen molar-refractivity contribution >= 4 is 23.3 Å². The zero-order valence-corrected chi connectivity index (χ0v) is 19.4. The first-order valence-corrected chi connectivity index (χ1v) is 10.4. The first-order valence-electron chi connectivity index (χ1n) is 10.4. The summed E-state index contributed by atoms with van der Waals surface area (Å²) in [6, 6.07) is 10.7. The topological polar surface area (TPSA) is 111 Å². The van der Waals surface area contributed by atoms with Crippen LogP contribution in [0, 0.1) is 13.8 Å². The van der Waals surface area contributed by atoms with Crippen LogP contribution in [0.4, 0.5) is 5.82 Å². The average Bonchev–Trinajstić information content (AvgIpc) is 3.38. The zero-order chi connectivity index (χ0) is 24.6. The molecule has 0 unspecified atom stereocenters. The highest BCUT2D eigenvalue weighted by Gasteiger charge is 2.48. The molecule has 1 aliphatic rings. The first-order chi connectivity index (χ1) is 16.3. The number of Topliss-reactive ketones (excluding diaryl/α,β-unsaturated/α-hetero) is 1. The Balaban J connectivity index is 2.00. The number of benzene rings is 2. The molecule has 176 valence electrons. The molecule has 9 nitrogen and oxygen atoms in total. The molecule has 2 aromatic carbocycles. The Morgan fingerprint density at radius 3 is 2.09 bits per heavy atom. The smallest absolute Gasteiger partial charge is 0.301 e. The van der Waals surface area contributed by atoms with E-state index in [0.717, 1.165) is 5.56 Å². The summed E-state index contributed by atoms with van der Waals surface area (Å²) >= 11 is 0. The summed E-state index contributed by atoms with van der Waals surface area (Å²) in [6.07, 6.45) is 0. The predicted octanol–water partition coefficient (Wildman–Crippen LogP) is 3.94. The molecule has 1 atom stereocenters. The maximum absolute atomic E-state index is 13.2. The quantitative estimate of drug-likeness (QED) is 0.332. The Labute approximate surface area is 196 Å². The molecule has 1 amide bonds. The summed E-state index contributed by atoms with van der Waals surface area (Å²) in [5.41, 5.74) is 1.74. The van der Waals surface area contributed by atoms with Gasteiger partial charge in [0.25, 0.3) is 5.78 Å². The van der Waals surface area contributed by atoms with E-state index in [1.54, 1.807) is 49.4 Å². The van der Waals surface area contributed by atoms with Gasteiger partial charge in [-0.1, -0.05) is 35.0 Å². The van der Waals surface area contributed by atoms with Gasteiger partial charge >= 0.3 is 5.91 Å². The molecule has 1 saturated heterocycles. The van der Waals surface area contributed by atoms with Crippen LogP contribution in [-0.2, 0) is 9.59 Å². The van der Waals surface area contributed by atoms with E-state index in [4.69, 9.17) is 18.7 Å². The fraction of sp³-hybridized carbons (Fsp3) is 0.240. The van der Waals surface area contributed by atoms with Crippen molar-refractivity contribution in [3.63, 3.8) is 0 Å². The summed E-state index contributed by atoms with van der Waals surface area (Å²) in [5.74, 6) is -0.400. The Kier molecular flexibility index (Phi) is 6.02. The molecule has 1 fully saturated rings. The largest absolute Gasteiger partial charge is 0.507 e. The van der Waals surface area contributed by atoms with Gasteiger partial charge in [0, 0.05) is 11.6 Å².